The Morgan fingerprint density at radius 3 is 2.31 bits per heavy atom. The van der Waals surface area contributed by atoms with E-state index in [1.807, 2.05) is 6.07 Å². The molecule has 15 heteroatoms. The van der Waals surface area contributed by atoms with E-state index in [4.69, 9.17) is 4.52 Å². The van der Waals surface area contributed by atoms with E-state index < -0.39 is 74.1 Å². The highest BCUT2D eigenvalue weighted by Gasteiger charge is 2.64. The number of aliphatic carboxylic acids is 2. The number of carbonyl (C=O) groups excluding carboxylic acids is 3. The van der Waals surface area contributed by atoms with E-state index in [9.17, 15) is 34.2 Å². The van der Waals surface area contributed by atoms with E-state index in [-0.39, 0.29) is 17.0 Å². The molecular formula is C27H31N5O8S2. The van der Waals surface area contributed by atoms with Crippen LogP contribution in [0, 0.1) is 6.92 Å². The van der Waals surface area contributed by atoms with Crippen LogP contribution < -0.4 is 16.0 Å². The molecule has 6 atom stereocenters. The third-order valence-corrected chi connectivity index (χ3v) is 10.8. The van der Waals surface area contributed by atoms with Gasteiger partial charge < -0.3 is 30.3 Å². The Balaban J connectivity index is 1.42. The molecule has 4 heterocycles. The van der Waals surface area contributed by atoms with Crippen molar-refractivity contribution in [2.45, 2.75) is 79.0 Å². The standard InChI is InChI=1S/C27H31N5O8S2/c1-11-13(14(31-40-11)12-9-7-6-8-10-12)19(33)28-15(21-30-17(24(36)37)26(2,3)41-21)20(34)29-16-22(35)32-18(25(38)39)27(4,5)42-23(16)32/h6-10,15-18,21,23,30H,1-5H3,(H,28,33)(H,29,34)(H,36,37)(H,38,39)/t15?,16-,17+,18+,21?,23-/m1/s1. The van der Waals surface area contributed by atoms with Crippen LogP contribution in [0.3, 0.4) is 0 Å². The minimum atomic E-state index is -1.32. The SMILES string of the molecule is Cc1onc(-c2ccccc2)c1C(=O)NC(C(=O)N[C@@H]1C(=O)N2[C@@H]1SC(C)(C)[C@@H]2C(=O)O)C1N[C@@H](C(=O)O)C(C)(C)S1. The number of benzene rings is 1. The predicted molar refractivity (Wildman–Crippen MR) is 154 cm³/mol. The van der Waals surface area contributed by atoms with E-state index in [1.165, 1.54) is 28.4 Å². The van der Waals surface area contributed by atoms with Crippen LogP contribution in [0.4, 0.5) is 0 Å². The molecule has 3 saturated heterocycles. The van der Waals surface area contributed by atoms with Crippen LogP contribution in [0.25, 0.3) is 11.3 Å². The molecule has 3 fully saturated rings. The van der Waals surface area contributed by atoms with Crippen LogP contribution in [-0.4, -0.2) is 94.3 Å². The summed E-state index contributed by atoms with van der Waals surface area (Å²) in [4.78, 5) is 65.7. The highest BCUT2D eigenvalue weighted by atomic mass is 32.2. The monoisotopic (exact) mass is 617 g/mol. The van der Waals surface area contributed by atoms with Crippen molar-refractivity contribution in [3.05, 3.63) is 41.7 Å². The number of fused-ring (bicyclic) bond motifs is 1. The molecule has 3 amide bonds. The molecule has 0 saturated carbocycles. The third-order valence-electron chi connectivity index (χ3n) is 7.69. The summed E-state index contributed by atoms with van der Waals surface area (Å²) < 4.78 is 3.68. The number of nitrogens with zero attached hydrogens (tertiary/aromatic N) is 2. The number of aromatic nitrogens is 1. The van der Waals surface area contributed by atoms with Crippen molar-refractivity contribution in [1.82, 2.24) is 26.0 Å². The number of aryl methyl sites for hydroxylation is 1. The Bertz CT molecular complexity index is 1460. The van der Waals surface area contributed by atoms with Gasteiger partial charge in [0.05, 0.1) is 5.37 Å². The fraction of sp³-hybridized carbons (Fsp3) is 0.481. The van der Waals surface area contributed by atoms with Crippen molar-refractivity contribution in [3.63, 3.8) is 0 Å². The lowest BCUT2D eigenvalue weighted by atomic mass is 9.96. The molecule has 0 spiro atoms. The van der Waals surface area contributed by atoms with Crippen LogP contribution in [-0.2, 0) is 19.2 Å². The van der Waals surface area contributed by atoms with Gasteiger partial charge in [0, 0.05) is 15.1 Å². The van der Waals surface area contributed by atoms with Gasteiger partial charge in [-0.2, -0.15) is 0 Å². The summed E-state index contributed by atoms with van der Waals surface area (Å²) in [5, 5.41) is 30.4. The lowest BCUT2D eigenvalue weighted by Gasteiger charge is -2.44. The van der Waals surface area contributed by atoms with Gasteiger partial charge in [-0.05, 0) is 34.6 Å². The Labute approximate surface area is 249 Å². The quantitative estimate of drug-likeness (QED) is 0.267. The van der Waals surface area contributed by atoms with Gasteiger partial charge in [0.25, 0.3) is 5.91 Å². The van der Waals surface area contributed by atoms with Crippen molar-refractivity contribution in [2.75, 3.05) is 0 Å². The first kappa shape index (κ1) is 29.9. The smallest absolute Gasteiger partial charge is 0.327 e. The molecule has 224 valence electrons. The molecule has 1 aromatic heterocycles. The highest BCUT2D eigenvalue weighted by Crippen LogP contribution is 2.51. The number of nitrogens with one attached hydrogen (secondary N) is 3. The van der Waals surface area contributed by atoms with Crippen LogP contribution >= 0.6 is 23.5 Å². The third kappa shape index (κ3) is 5.02. The van der Waals surface area contributed by atoms with Crippen molar-refractivity contribution in [1.29, 1.82) is 0 Å². The average molecular weight is 618 g/mol. The molecule has 5 rings (SSSR count). The first-order chi connectivity index (χ1) is 19.6. The Hall–Kier alpha value is -3.56. The maximum absolute atomic E-state index is 13.8. The van der Waals surface area contributed by atoms with E-state index in [0.717, 1.165) is 0 Å². The fourth-order valence-corrected chi connectivity index (χ4v) is 8.76. The lowest BCUT2D eigenvalue weighted by Crippen LogP contribution is -2.72. The normalized spacial score (nSPS) is 28.0. The maximum atomic E-state index is 13.8. The summed E-state index contributed by atoms with van der Waals surface area (Å²) in [6.45, 7) is 8.45. The summed E-state index contributed by atoms with van der Waals surface area (Å²) in [6, 6.07) is 4.46. The number of carboxylic acids is 2. The second-order valence-electron chi connectivity index (χ2n) is 11.4. The van der Waals surface area contributed by atoms with Crippen molar-refractivity contribution in [3.8, 4) is 11.3 Å². The topological polar surface area (TPSA) is 191 Å². The molecule has 2 aromatic rings. The summed E-state index contributed by atoms with van der Waals surface area (Å²) >= 11 is 2.45. The van der Waals surface area contributed by atoms with Crippen LogP contribution in [0.1, 0.15) is 43.8 Å². The van der Waals surface area contributed by atoms with Gasteiger partial charge in [0.1, 0.15) is 46.6 Å². The number of hydrogen-bond acceptors (Lipinski definition) is 10. The van der Waals surface area contributed by atoms with E-state index >= 15 is 0 Å². The van der Waals surface area contributed by atoms with E-state index in [1.54, 1.807) is 58.9 Å². The maximum Gasteiger partial charge on any atom is 0.327 e. The molecule has 3 aliphatic rings. The number of rotatable bonds is 8. The van der Waals surface area contributed by atoms with Gasteiger partial charge in [-0.15, -0.1) is 23.5 Å². The van der Waals surface area contributed by atoms with Crippen molar-refractivity contribution in [2.24, 2.45) is 0 Å². The van der Waals surface area contributed by atoms with E-state index in [2.05, 4.69) is 21.1 Å². The largest absolute Gasteiger partial charge is 0.480 e. The molecule has 1 aromatic carbocycles. The Kier molecular flexibility index (Phi) is 7.56. The van der Waals surface area contributed by atoms with Gasteiger partial charge in [0.2, 0.25) is 11.8 Å². The number of carboxylic acid groups (broad SMARTS) is 2. The van der Waals surface area contributed by atoms with Gasteiger partial charge in [-0.25, -0.2) is 4.79 Å². The lowest BCUT2D eigenvalue weighted by molar-refractivity contribution is -0.161. The summed E-state index contributed by atoms with van der Waals surface area (Å²) in [5.41, 5.74) is 1.00. The Morgan fingerprint density at radius 2 is 1.71 bits per heavy atom. The number of thioether (sulfide) groups is 2. The van der Waals surface area contributed by atoms with Gasteiger partial charge in [-0.1, -0.05) is 35.5 Å². The summed E-state index contributed by atoms with van der Waals surface area (Å²) in [5.74, 6) is -3.96. The molecule has 0 aliphatic carbocycles. The van der Waals surface area contributed by atoms with Gasteiger partial charge >= 0.3 is 11.9 Å². The summed E-state index contributed by atoms with van der Waals surface area (Å²) in [6.07, 6.45) is 0. The number of carbonyl (C=O) groups is 5. The molecule has 0 bridgehead atoms. The molecule has 3 aliphatic heterocycles. The van der Waals surface area contributed by atoms with Crippen LogP contribution in [0.2, 0.25) is 0 Å². The Morgan fingerprint density at radius 1 is 1.05 bits per heavy atom. The molecule has 42 heavy (non-hydrogen) atoms. The second kappa shape index (κ2) is 10.6. The van der Waals surface area contributed by atoms with Crippen LogP contribution in [0.15, 0.2) is 34.9 Å². The van der Waals surface area contributed by atoms with Gasteiger partial charge in [0.15, 0.2) is 0 Å². The first-order valence-electron chi connectivity index (χ1n) is 13.2. The number of β-lactam (4-membered cyclic amide) rings is 1. The predicted octanol–water partition coefficient (Wildman–Crippen LogP) is 1.27. The highest BCUT2D eigenvalue weighted by molar-refractivity contribution is 8.02. The zero-order valence-electron chi connectivity index (χ0n) is 23.4. The fourth-order valence-electron chi connectivity index (χ4n) is 5.64. The zero-order chi connectivity index (χ0) is 30.7. The molecular weight excluding hydrogens is 586 g/mol. The molecule has 5 N–H and O–H groups in total. The minimum Gasteiger partial charge on any atom is -0.480 e. The number of amides is 3. The summed E-state index contributed by atoms with van der Waals surface area (Å²) in [7, 11) is 0. The molecule has 2 unspecified atom stereocenters. The average Bonchev–Trinajstić information content (AvgIpc) is 3.54. The number of hydrogen-bond donors (Lipinski definition) is 5. The van der Waals surface area contributed by atoms with Crippen molar-refractivity contribution < 1.29 is 38.7 Å². The van der Waals surface area contributed by atoms with E-state index in [0.29, 0.717) is 5.56 Å². The first-order valence-corrected chi connectivity index (χ1v) is 14.9. The second-order valence-corrected chi connectivity index (χ2v) is 15.0. The molecule has 0 radical (unpaired) electrons. The van der Waals surface area contributed by atoms with Crippen LogP contribution in [0.5, 0.6) is 0 Å². The van der Waals surface area contributed by atoms with Gasteiger partial charge in [-0.3, -0.25) is 24.5 Å². The molecule has 13 nitrogen and oxygen atoms in total. The zero-order valence-corrected chi connectivity index (χ0v) is 25.0. The van der Waals surface area contributed by atoms with Crippen molar-refractivity contribution >= 4 is 53.2 Å². The minimum absolute atomic E-state index is 0.110.